The lowest BCUT2D eigenvalue weighted by Crippen LogP contribution is -2.60. The topological polar surface area (TPSA) is 13.1 Å². The molecule has 0 bridgehead atoms. The molecule has 0 spiro atoms. The highest BCUT2D eigenvalue weighted by Crippen LogP contribution is 2.57. The molecule has 7 aromatic carbocycles. The summed E-state index contributed by atoms with van der Waals surface area (Å²) in [6.45, 7) is 39.2. The molecule has 0 atom stereocenters. The molecular weight excluding hydrogens is 962 g/mol. The first kappa shape index (κ1) is 48.8. The van der Waals surface area contributed by atoms with Crippen molar-refractivity contribution in [1.29, 1.82) is 0 Å². The molecule has 5 heterocycles. The van der Waals surface area contributed by atoms with Crippen LogP contribution in [-0.2, 0) is 37.9 Å². The minimum atomic E-state index is -0.213. The van der Waals surface area contributed by atoms with E-state index in [4.69, 9.17) is 0 Å². The molecule has 392 valence electrons. The van der Waals surface area contributed by atoms with E-state index in [1.165, 1.54) is 156 Å². The number of aromatic nitrogens is 2. The van der Waals surface area contributed by atoms with Crippen molar-refractivity contribution in [2.45, 2.75) is 174 Å². The molecule has 78 heavy (non-hydrogen) atoms. The number of fused-ring (bicyclic) bond motifs is 16. The van der Waals surface area contributed by atoms with Crippen LogP contribution in [0.4, 0.5) is 17.1 Å². The Bertz CT molecular complexity index is 4250. The maximum absolute atomic E-state index is 2.79. The minimum absolute atomic E-state index is 0.00861. The SMILES string of the molecule is CC(C)(C)c1cc2c3c(c1)c1c(n3-c3cc(N(c4ccc5c(c4)C(C)(C)CCC5(C)C)c4ccc5c(c4)C(C)(C)CCC5(C)C)cc4c3B2c2cc(C(C)(C)C)cc3c5sc6ccccc6c5n-4c23)-c2ccccc2C1(C)C. The van der Waals surface area contributed by atoms with Gasteiger partial charge in [-0.25, -0.2) is 0 Å². The Morgan fingerprint density at radius 2 is 0.962 bits per heavy atom. The van der Waals surface area contributed by atoms with E-state index in [2.05, 4.69) is 246 Å². The van der Waals surface area contributed by atoms with Gasteiger partial charge in [0, 0.05) is 60.1 Å². The number of hydrogen-bond donors (Lipinski definition) is 0. The highest BCUT2D eigenvalue weighted by Gasteiger charge is 2.49. The van der Waals surface area contributed by atoms with Gasteiger partial charge in [0.1, 0.15) is 0 Å². The monoisotopic (exact) mass is 1040 g/mol. The summed E-state index contributed by atoms with van der Waals surface area (Å²) in [5.74, 6) is 0. The fourth-order valence-electron chi connectivity index (χ4n) is 15.9. The van der Waals surface area contributed by atoms with E-state index in [0.717, 1.165) is 12.8 Å². The molecule has 15 rings (SSSR count). The van der Waals surface area contributed by atoms with Crippen LogP contribution >= 0.6 is 11.3 Å². The van der Waals surface area contributed by atoms with Gasteiger partial charge in [0.2, 0.25) is 0 Å². The average Bonchev–Trinajstić information content (AvgIpc) is 4.07. The second kappa shape index (κ2) is 15.1. The Hall–Kier alpha value is -6.30. The molecular formula is C73H76BN3S. The van der Waals surface area contributed by atoms with Crippen molar-refractivity contribution >= 4 is 93.6 Å². The third-order valence-electron chi connectivity index (χ3n) is 20.7. The van der Waals surface area contributed by atoms with E-state index in [0.29, 0.717) is 0 Å². The van der Waals surface area contributed by atoms with Gasteiger partial charge in [-0.05, 0) is 174 Å². The van der Waals surface area contributed by atoms with Gasteiger partial charge < -0.3 is 14.0 Å². The fourth-order valence-corrected chi connectivity index (χ4v) is 17.1. The lowest BCUT2D eigenvalue weighted by Gasteiger charge is -2.43. The van der Waals surface area contributed by atoms with Crippen molar-refractivity contribution in [3.8, 4) is 22.6 Å². The van der Waals surface area contributed by atoms with Crippen molar-refractivity contribution in [3.05, 3.63) is 166 Å². The van der Waals surface area contributed by atoms with Crippen molar-refractivity contribution < 1.29 is 0 Å². The molecule has 0 fully saturated rings. The molecule has 0 N–H and O–H groups in total. The molecule has 0 unspecified atom stereocenters. The number of hydrogen-bond acceptors (Lipinski definition) is 2. The maximum Gasteiger partial charge on any atom is 0.252 e. The van der Waals surface area contributed by atoms with E-state index in [1.54, 1.807) is 0 Å². The lowest BCUT2D eigenvalue weighted by atomic mass is 9.34. The minimum Gasteiger partial charge on any atom is -0.310 e. The van der Waals surface area contributed by atoms with Crippen LogP contribution in [0.5, 0.6) is 0 Å². The largest absolute Gasteiger partial charge is 0.310 e. The summed E-state index contributed by atoms with van der Waals surface area (Å²) in [6.07, 6.45) is 4.70. The Balaban J connectivity index is 1.15. The van der Waals surface area contributed by atoms with E-state index in [-0.39, 0.29) is 44.6 Å². The average molecular weight is 1040 g/mol. The molecule has 5 aliphatic rings. The van der Waals surface area contributed by atoms with Crippen LogP contribution in [0.3, 0.4) is 0 Å². The van der Waals surface area contributed by atoms with Gasteiger partial charge >= 0.3 is 0 Å². The molecule has 3 aliphatic carbocycles. The van der Waals surface area contributed by atoms with E-state index in [1.807, 2.05) is 11.3 Å². The summed E-state index contributed by atoms with van der Waals surface area (Å²) in [4.78, 5) is 2.68. The van der Waals surface area contributed by atoms with Gasteiger partial charge in [-0.3, -0.25) is 0 Å². The third kappa shape index (κ3) is 6.35. The predicted molar refractivity (Wildman–Crippen MR) is 338 cm³/mol. The quantitative estimate of drug-likeness (QED) is 0.161. The van der Waals surface area contributed by atoms with E-state index in [9.17, 15) is 0 Å². The standard InChI is InChI=1S/C73H76BN3S/c1-67(2,3)41-33-48-60-64(46-21-17-19-23-50(46)73(60,15)16)76-57-39-45(75(43-25-27-51-53(37-43)71(11,12)31-29-69(51,7)8)44-26-28-52-54(38-44)72(13,14)32-30-70(52,9)10)40-58-61(57)74(55(35-41)62(48)76)56-36-42(68(4,5)6)34-49-63(56)77(58)65-47-22-18-20-24-59(47)78-66(49)65/h17-28,33-40H,29-32H2,1-16H3. The number of rotatable bonds is 3. The molecule has 2 aliphatic heterocycles. The molecule has 10 aromatic rings. The Morgan fingerprint density at radius 1 is 0.462 bits per heavy atom. The van der Waals surface area contributed by atoms with Gasteiger partial charge in [0.05, 0.1) is 27.1 Å². The van der Waals surface area contributed by atoms with Gasteiger partial charge in [-0.1, -0.05) is 178 Å². The smallest absolute Gasteiger partial charge is 0.252 e. The molecule has 5 heteroatoms. The van der Waals surface area contributed by atoms with Crippen LogP contribution in [0.15, 0.2) is 121 Å². The zero-order chi connectivity index (χ0) is 54.5. The summed E-state index contributed by atoms with van der Waals surface area (Å²) in [6, 6.07) is 49.4. The van der Waals surface area contributed by atoms with Crippen LogP contribution in [0.25, 0.3) is 64.7 Å². The summed E-state index contributed by atoms with van der Waals surface area (Å²) in [5.41, 5.74) is 28.8. The number of nitrogens with zero attached hydrogens (tertiary/aromatic N) is 3. The van der Waals surface area contributed by atoms with Crippen molar-refractivity contribution in [3.63, 3.8) is 0 Å². The zero-order valence-electron chi connectivity index (χ0n) is 49.2. The maximum atomic E-state index is 2.79. The van der Waals surface area contributed by atoms with Crippen molar-refractivity contribution in [2.75, 3.05) is 4.90 Å². The van der Waals surface area contributed by atoms with Crippen LogP contribution in [-0.4, -0.2) is 15.8 Å². The molecule has 0 saturated heterocycles. The van der Waals surface area contributed by atoms with Crippen LogP contribution in [0, 0.1) is 0 Å². The van der Waals surface area contributed by atoms with Gasteiger partial charge in [-0.2, -0.15) is 0 Å². The van der Waals surface area contributed by atoms with Crippen molar-refractivity contribution in [1.82, 2.24) is 9.13 Å². The molecule has 0 amide bonds. The normalized spacial score (nSPS) is 18.5. The lowest BCUT2D eigenvalue weighted by molar-refractivity contribution is 0.332. The molecule has 0 radical (unpaired) electrons. The van der Waals surface area contributed by atoms with Gasteiger partial charge in [0.15, 0.2) is 0 Å². The predicted octanol–water partition coefficient (Wildman–Crippen LogP) is 18.2. The second-order valence-electron chi connectivity index (χ2n) is 29.9. The summed E-state index contributed by atoms with van der Waals surface area (Å²) < 4.78 is 8.28. The van der Waals surface area contributed by atoms with Gasteiger partial charge in [-0.15, -0.1) is 11.3 Å². The highest BCUT2D eigenvalue weighted by molar-refractivity contribution is 7.26. The number of anilines is 3. The first-order chi connectivity index (χ1) is 36.7. The Labute approximate surface area is 467 Å². The van der Waals surface area contributed by atoms with Gasteiger partial charge in [0.25, 0.3) is 6.71 Å². The Morgan fingerprint density at radius 3 is 1.54 bits per heavy atom. The zero-order valence-corrected chi connectivity index (χ0v) is 50.0. The second-order valence-corrected chi connectivity index (χ2v) is 31.0. The van der Waals surface area contributed by atoms with E-state index >= 15 is 0 Å². The van der Waals surface area contributed by atoms with Crippen LogP contribution in [0.1, 0.15) is 181 Å². The summed E-state index contributed by atoms with van der Waals surface area (Å²) >= 11 is 1.98. The van der Waals surface area contributed by atoms with E-state index < -0.39 is 0 Å². The summed E-state index contributed by atoms with van der Waals surface area (Å²) in [7, 11) is 0. The number of thiophene rings is 1. The highest BCUT2D eigenvalue weighted by atomic mass is 32.1. The van der Waals surface area contributed by atoms with Crippen LogP contribution in [0.2, 0.25) is 0 Å². The molecule has 0 saturated carbocycles. The first-order valence-electron chi connectivity index (χ1n) is 29.3. The van der Waals surface area contributed by atoms with Crippen LogP contribution < -0.4 is 21.3 Å². The first-order valence-corrected chi connectivity index (χ1v) is 30.1. The fraction of sp³-hybridized carbons (Fsp3) is 0.370. The third-order valence-corrected chi connectivity index (χ3v) is 21.9. The summed E-state index contributed by atoms with van der Waals surface area (Å²) in [5, 5.41) is 4.11. The molecule has 3 aromatic heterocycles. The Kier molecular flexibility index (Phi) is 9.46. The number of benzene rings is 7. The van der Waals surface area contributed by atoms with Crippen molar-refractivity contribution in [2.24, 2.45) is 0 Å². The molecule has 3 nitrogen and oxygen atoms in total.